The minimum atomic E-state index is -0.306. The number of hydrogen-bond acceptors (Lipinski definition) is 3. The van der Waals surface area contributed by atoms with Crippen LogP contribution in [0.3, 0.4) is 0 Å². The number of benzene rings is 2. The zero-order chi connectivity index (χ0) is 16.4. The summed E-state index contributed by atoms with van der Waals surface area (Å²) < 4.78 is 5.15. The van der Waals surface area contributed by atoms with E-state index < -0.39 is 0 Å². The molecule has 5 heteroatoms. The topological polar surface area (TPSA) is 51.2 Å². The molecule has 1 heterocycles. The Bertz CT molecular complexity index is 893. The second kappa shape index (κ2) is 6.26. The van der Waals surface area contributed by atoms with E-state index in [2.05, 4.69) is 10.3 Å². The zero-order valence-corrected chi connectivity index (χ0v) is 13.5. The maximum atomic E-state index is 12.5. The molecule has 0 saturated heterocycles. The van der Waals surface area contributed by atoms with Gasteiger partial charge in [0.15, 0.2) is 0 Å². The molecule has 3 rings (SSSR count). The van der Waals surface area contributed by atoms with E-state index in [4.69, 9.17) is 16.3 Å². The second-order valence-corrected chi connectivity index (χ2v) is 5.52. The largest absolute Gasteiger partial charge is 0.497 e. The van der Waals surface area contributed by atoms with Crippen LogP contribution in [-0.4, -0.2) is 18.0 Å². The third-order valence-corrected chi connectivity index (χ3v) is 3.86. The summed E-state index contributed by atoms with van der Waals surface area (Å²) in [7, 11) is 1.58. The maximum absolute atomic E-state index is 12.5. The number of carbonyl (C=O) groups is 1. The summed E-state index contributed by atoms with van der Waals surface area (Å²) in [6, 6.07) is 14.7. The van der Waals surface area contributed by atoms with Gasteiger partial charge in [0.1, 0.15) is 10.9 Å². The van der Waals surface area contributed by atoms with E-state index in [1.165, 1.54) is 0 Å². The molecule has 1 N–H and O–H groups in total. The van der Waals surface area contributed by atoms with Crippen LogP contribution < -0.4 is 10.1 Å². The molecule has 0 aliphatic carbocycles. The van der Waals surface area contributed by atoms with Crippen molar-refractivity contribution in [3.8, 4) is 5.75 Å². The van der Waals surface area contributed by atoms with Crippen LogP contribution in [0.5, 0.6) is 5.75 Å². The van der Waals surface area contributed by atoms with Gasteiger partial charge in [0.25, 0.3) is 5.91 Å². The van der Waals surface area contributed by atoms with E-state index in [1.807, 2.05) is 31.2 Å². The normalized spacial score (nSPS) is 10.6. The van der Waals surface area contributed by atoms with E-state index in [9.17, 15) is 4.79 Å². The van der Waals surface area contributed by atoms with Crippen LogP contribution in [0, 0.1) is 6.92 Å². The SMILES string of the molecule is COc1cccc(NC(=O)c2cc3cccc(C)c3nc2Cl)c1. The number of nitrogens with one attached hydrogen (secondary N) is 1. The van der Waals surface area contributed by atoms with Gasteiger partial charge in [-0.05, 0) is 30.7 Å². The summed E-state index contributed by atoms with van der Waals surface area (Å²) in [4.78, 5) is 16.8. The van der Waals surface area contributed by atoms with Crippen LogP contribution in [0.4, 0.5) is 5.69 Å². The van der Waals surface area contributed by atoms with Crippen molar-refractivity contribution in [3.05, 3.63) is 64.8 Å². The first kappa shape index (κ1) is 15.3. The van der Waals surface area contributed by atoms with Crippen molar-refractivity contribution in [3.63, 3.8) is 0 Å². The summed E-state index contributed by atoms with van der Waals surface area (Å²) in [5, 5.41) is 3.88. The number of hydrogen-bond donors (Lipinski definition) is 1. The highest BCUT2D eigenvalue weighted by molar-refractivity contribution is 6.33. The summed E-state index contributed by atoms with van der Waals surface area (Å²) in [6.07, 6.45) is 0. The monoisotopic (exact) mass is 326 g/mol. The van der Waals surface area contributed by atoms with Crippen molar-refractivity contribution >= 4 is 34.1 Å². The lowest BCUT2D eigenvalue weighted by atomic mass is 10.1. The molecule has 0 atom stereocenters. The molecular formula is C18H15ClN2O2. The Morgan fingerprint density at radius 2 is 1.96 bits per heavy atom. The molecule has 0 saturated carbocycles. The Kier molecular flexibility index (Phi) is 4.17. The van der Waals surface area contributed by atoms with Gasteiger partial charge in [-0.15, -0.1) is 0 Å². The van der Waals surface area contributed by atoms with Gasteiger partial charge in [-0.25, -0.2) is 4.98 Å². The van der Waals surface area contributed by atoms with Crippen LogP contribution in [0.1, 0.15) is 15.9 Å². The average molecular weight is 327 g/mol. The van der Waals surface area contributed by atoms with E-state index in [1.54, 1.807) is 31.4 Å². The standard InChI is InChI=1S/C18H15ClN2O2/c1-11-5-3-6-12-9-15(17(19)21-16(11)12)18(22)20-13-7-4-8-14(10-13)23-2/h3-10H,1-2H3,(H,20,22). The molecule has 23 heavy (non-hydrogen) atoms. The number of amides is 1. The summed E-state index contributed by atoms with van der Waals surface area (Å²) in [6.45, 7) is 1.96. The highest BCUT2D eigenvalue weighted by Gasteiger charge is 2.14. The predicted molar refractivity (Wildman–Crippen MR) is 92.4 cm³/mol. The van der Waals surface area contributed by atoms with E-state index in [-0.39, 0.29) is 11.1 Å². The number of nitrogens with zero attached hydrogens (tertiary/aromatic N) is 1. The predicted octanol–water partition coefficient (Wildman–Crippen LogP) is 4.46. The lowest BCUT2D eigenvalue weighted by Gasteiger charge is -2.09. The molecule has 0 spiro atoms. The lowest BCUT2D eigenvalue weighted by molar-refractivity contribution is 0.102. The van der Waals surface area contributed by atoms with E-state index >= 15 is 0 Å². The number of carbonyl (C=O) groups excluding carboxylic acids is 1. The number of ether oxygens (including phenoxy) is 1. The highest BCUT2D eigenvalue weighted by Crippen LogP contribution is 2.24. The maximum Gasteiger partial charge on any atom is 0.258 e. The van der Waals surface area contributed by atoms with E-state index in [0.29, 0.717) is 17.0 Å². The summed E-state index contributed by atoms with van der Waals surface area (Å²) >= 11 is 6.20. The van der Waals surface area contributed by atoms with Crippen molar-refractivity contribution < 1.29 is 9.53 Å². The molecule has 0 fully saturated rings. The Morgan fingerprint density at radius 3 is 2.74 bits per heavy atom. The fourth-order valence-corrected chi connectivity index (χ4v) is 2.61. The molecule has 0 bridgehead atoms. The number of methoxy groups -OCH3 is 1. The van der Waals surface area contributed by atoms with Crippen LogP contribution in [0.25, 0.3) is 10.9 Å². The first-order valence-electron chi connectivity index (χ1n) is 7.10. The first-order chi connectivity index (χ1) is 11.1. The number of anilines is 1. The number of rotatable bonds is 3. The number of aromatic nitrogens is 1. The molecule has 1 aromatic heterocycles. The van der Waals surface area contributed by atoms with Crippen molar-refractivity contribution in [1.82, 2.24) is 4.98 Å². The molecule has 0 unspecified atom stereocenters. The molecule has 0 aliphatic heterocycles. The smallest absolute Gasteiger partial charge is 0.258 e. The van der Waals surface area contributed by atoms with Gasteiger partial charge in [-0.2, -0.15) is 0 Å². The van der Waals surface area contributed by atoms with Crippen molar-refractivity contribution in [1.29, 1.82) is 0 Å². The van der Waals surface area contributed by atoms with Gasteiger partial charge < -0.3 is 10.1 Å². The minimum absolute atomic E-state index is 0.187. The fourth-order valence-electron chi connectivity index (χ4n) is 2.38. The van der Waals surface area contributed by atoms with Crippen LogP contribution in [0.15, 0.2) is 48.5 Å². The molecule has 1 amide bonds. The van der Waals surface area contributed by atoms with E-state index in [0.717, 1.165) is 16.5 Å². The Balaban J connectivity index is 1.95. The highest BCUT2D eigenvalue weighted by atomic mass is 35.5. The Morgan fingerprint density at radius 1 is 1.17 bits per heavy atom. The number of fused-ring (bicyclic) bond motifs is 1. The Hall–Kier alpha value is -2.59. The van der Waals surface area contributed by atoms with Gasteiger partial charge in [0.05, 0.1) is 18.2 Å². The fraction of sp³-hybridized carbons (Fsp3) is 0.111. The van der Waals surface area contributed by atoms with Crippen molar-refractivity contribution in [2.75, 3.05) is 12.4 Å². The van der Waals surface area contributed by atoms with Gasteiger partial charge in [-0.3, -0.25) is 4.79 Å². The molecule has 0 aliphatic rings. The van der Waals surface area contributed by atoms with Gasteiger partial charge in [0, 0.05) is 17.1 Å². The summed E-state index contributed by atoms with van der Waals surface area (Å²) in [5.74, 6) is 0.361. The van der Waals surface area contributed by atoms with Gasteiger partial charge >= 0.3 is 0 Å². The quantitative estimate of drug-likeness (QED) is 0.723. The molecule has 3 aromatic rings. The average Bonchev–Trinajstić information content (AvgIpc) is 2.55. The third-order valence-electron chi connectivity index (χ3n) is 3.57. The van der Waals surface area contributed by atoms with Crippen molar-refractivity contribution in [2.24, 2.45) is 0 Å². The molecule has 4 nitrogen and oxygen atoms in total. The van der Waals surface area contributed by atoms with Crippen LogP contribution >= 0.6 is 11.6 Å². The van der Waals surface area contributed by atoms with Gasteiger partial charge in [0.2, 0.25) is 0 Å². The molecule has 0 radical (unpaired) electrons. The number of aryl methyl sites for hydroxylation is 1. The minimum Gasteiger partial charge on any atom is -0.497 e. The third kappa shape index (κ3) is 3.12. The van der Waals surface area contributed by atoms with Crippen molar-refractivity contribution in [2.45, 2.75) is 6.92 Å². The van der Waals surface area contributed by atoms with Crippen LogP contribution in [0.2, 0.25) is 5.15 Å². The zero-order valence-electron chi connectivity index (χ0n) is 12.8. The second-order valence-electron chi connectivity index (χ2n) is 5.16. The molecule has 116 valence electrons. The first-order valence-corrected chi connectivity index (χ1v) is 7.47. The summed E-state index contributed by atoms with van der Waals surface area (Å²) in [5.41, 5.74) is 2.79. The Labute approximate surface area is 139 Å². The molecule has 2 aromatic carbocycles. The number of halogens is 1. The lowest BCUT2D eigenvalue weighted by Crippen LogP contribution is -2.13. The number of para-hydroxylation sites is 1. The number of pyridine rings is 1. The molecular weight excluding hydrogens is 312 g/mol. The van der Waals surface area contributed by atoms with Gasteiger partial charge in [-0.1, -0.05) is 35.9 Å². The van der Waals surface area contributed by atoms with Crippen LogP contribution in [-0.2, 0) is 0 Å².